The van der Waals surface area contributed by atoms with E-state index in [1.807, 2.05) is 18.2 Å². The fraction of sp³-hybridized carbons (Fsp3) is 0.333. The van der Waals surface area contributed by atoms with E-state index in [2.05, 4.69) is 20.9 Å². The quantitative estimate of drug-likeness (QED) is 0.0532. The summed E-state index contributed by atoms with van der Waals surface area (Å²) in [5, 5.41) is 29.4. The summed E-state index contributed by atoms with van der Waals surface area (Å²) in [6.45, 7) is 4.39. The number of phenols is 1. The summed E-state index contributed by atoms with van der Waals surface area (Å²) in [7, 11) is 0. The van der Waals surface area contributed by atoms with E-state index in [0.717, 1.165) is 37.8 Å². The van der Waals surface area contributed by atoms with Crippen LogP contribution in [0.15, 0.2) is 91.3 Å². The summed E-state index contributed by atoms with van der Waals surface area (Å²) < 4.78 is 16.4. The number of aromatic hydroxyl groups is 1. The zero-order valence-electron chi connectivity index (χ0n) is 28.8. The molecule has 270 valence electrons. The van der Waals surface area contributed by atoms with E-state index in [-0.39, 0.29) is 24.2 Å². The van der Waals surface area contributed by atoms with Gasteiger partial charge in [-0.15, -0.1) is 0 Å². The zero-order chi connectivity index (χ0) is 36.3. The van der Waals surface area contributed by atoms with Crippen LogP contribution >= 0.6 is 0 Å². The maximum atomic E-state index is 12.9. The number of hydrogen-bond acceptors (Lipinski definition) is 10. The summed E-state index contributed by atoms with van der Waals surface area (Å²) in [4.78, 5) is 40.4. The molecule has 4 aromatic rings. The van der Waals surface area contributed by atoms with Crippen LogP contribution < -0.4 is 16.0 Å². The molecule has 0 aliphatic rings. The smallest absolute Gasteiger partial charge is 0.302 e. The summed E-state index contributed by atoms with van der Waals surface area (Å²) in [6.07, 6.45) is 6.32. The average molecular weight is 699 g/mol. The van der Waals surface area contributed by atoms with Crippen molar-refractivity contribution in [3.8, 4) is 5.75 Å². The Hall–Kier alpha value is -5.14. The number of carbonyl (C=O) groups is 3. The van der Waals surface area contributed by atoms with E-state index >= 15 is 0 Å². The maximum Gasteiger partial charge on any atom is 0.302 e. The monoisotopic (exact) mass is 698 g/mol. The summed E-state index contributed by atoms with van der Waals surface area (Å²) in [5.41, 5.74) is 3.99. The fourth-order valence-electron chi connectivity index (χ4n) is 5.06. The van der Waals surface area contributed by atoms with E-state index in [0.29, 0.717) is 66.6 Å². The van der Waals surface area contributed by atoms with Crippen molar-refractivity contribution in [2.75, 3.05) is 43.5 Å². The van der Waals surface area contributed by atoms with Gasteiger partial charge in [0.2, 0.25) is 0 Å². The number of anilines is 2. The fourth-order valence-corrected chi connectivity index (χ4v) is 5.06. The Morgan fingerprint density at radius 2 is 1.49 bits per heavy atom. The standard InChI is InChI=1S/C39H46N4O8/c1-28(44)51-27-33-22-30(14-15-36(33)45)37(46)25-41-16-4-2-3-5-18-49-19-20-50-26-29-9-6-12-34(21-29)42-38(47)31-10-7-13-35(23-31)43-39(48)32-11-8-17-40-24-32/h6-15,17,21-24,37,41,45-46H,2-5,16,18-20,25-27H2,1H3,(H,42,47)(H,43,48)/t37-/m0/s1. The molecule has 0 saturated heterocycles. The third-order valence-electron chi connectivity index (χ3n) is 7.78. The first-order valence-electron chi connectivity index (χ1n) is 17.0. The van der Waals surface area contributed by atoms with Gasteiger partial charge in [-0.2, -0.15) is 0 Å². The van der Waals surface area contributed by atoms with Gasteiger partial charge in [-0.25, -0.2) is 0 Å². The second kappa shape index (κ2) is 21.2. The number of nitrogens with one attached hydrogen (secondary N) is 3. The van der Waals surface area contributed by atoms with Crippen molar-refractivity contribution in [3.63, 3.8) is 0 Å². The summed E-state index contributed by atoms with van der Waals surface area (Å²) in [6, 6.07) is 22.3. The van der Waals surface area contributed by atoms with Gasteiger partial charge in [-0.3, -0.25) is 19.4 Å². The predicted octanol–water partition coefficient (Wildman–Crippen LogP) is 5.77. The summed E-state index contributed by atoms with van der Waals surface area (Å²) >= 11 is 0. The van der Waals surface area contributed by atoms with Crippen molar-refractivity contribution in [2.24, 2.45) is 0 Å². The largest absolute Gasteiger partial charge is 0.508 e. The molecule has 4 rings (SSSR count). The number of pyridine rings is 1. The Morgan fingerprint density at radius 3 is 2.27 bits per heavy atom. The molecule has 0 bridgehead atoms. The van der Waals surface area contributed by atoms with E-state index in [1.165, 1.54) is 19.2 Å². The van der Waals surface area contributed by atoms with Gasteiger partial charge in [0.15, 0.2) is 0 Å². The molecular weight excluding hydrogens is 652 g/mol. The number of esters is 1. The van der Waals surface area contributed by atoms with Crippen LogP contribution in [0.25, 0.3) is 0 Å². The second-order valence-corrected chi connectivity index (χ2v) is 11.9. The van der Waals surface area contributed by atoms with Crippen LogP contribution in [0.2, 0.25) is 0 Å². The minimum Gasteiger partial charge on any atom is -0.508 e. The normalized spacial score (nSPS) is 11.5. The molecule has 0 spiro atoms. The van der Waals surface area contributed by atoms with Gasteiger partial charge in [0.25, 0.3) is 11.8 Å². The van der Waals surface area contributed by atoms with Crippen LogP contribution in [0.3, 0.4) is 0 Å². The van der Waals surface area contributed by atoms with Crippen LogP contribution in [-0.2, 0) is 32.2 Å². The molecule has 0 aliphatic carbocycles. The number of amides is 2. The Balaban J connectivity index is 1.03. The van der Waals surface area contributed by atoms with E-state index in [1.54, 1.807) is 60.8 Å². The van der Waals surface area contributed by atoms with Crippen molar-refractivity contribution >= 4 is 29.2 Å². The number of aromatic nitrogens is 1. The van der Waals surface area contributed by atoms with Crippen molar-refractivity contribution in [2.45, 2.75) is 51.9 Å². The molecule has 1 atom stereocenters. The molecule has 3 aromatic carbocycles. The number of unbranched alkanes of at least 4 members (excludes halogenated alkanes) is 3. The third-order valence-corrected chi connectivity index (χ3v) is 7.78. The summed E-state index contributed by atoms with van der Waals surface area (Å²) in [5.74, 6) is -1.02. The van der Waals surface area contributed by atoms with Crippen LogP contribution in [0, 0.1) is 0 Å². The molecule has 12 heteroatoms. The van der Waals surface area contributed by atoms with Gasteiger partial charge in [0, 0.05) is 55.0 Å². The van der Waals surface area contributed by atoms with Gasteiger partial charge in [-0.05, 0) is 85.1 Å². The lowest BCUT2D eigenvalue weighted by Crippen LogP contribution is -2.22. The molecule has 5 N–H and O–H groups in total. The first kappa shape index (κ1) is 38.7. The molecule has 1 aromatic heterocycles. The number of aliphatic hydroxyl groups is 1. The first-order valence-corrected chi connectivity index (χ1v) is 17.0. The lowest BCUT2D eigenvalue weighted by molar-refractivity contribution is -0.142. The number of phenolic OH excluding ortho intramolecular Hbond substituents is 1. The maximum absolute atomic E-state index is 12.9. The van der Waals surface area contributed by atoms with Crippen LogP contribution in [-0.4, -0.2) is 65.9 Å². The number of benzene rings is 3. The Morgan fingerprint density at radius 1 is 0.765 bits per heavy atom. The Labute approximate surface area is 298 Å². The SMILES string of the molecule is CC(=O)OCc1cc([C@@H](O)CNCCCCCCOCCOCc2cccc(NC(=O)c3cccc(NC(=O)c4cccnc4)c3)c2)ccc1O. The molecule has 51 heavy (non-hydrogen) atoms. The molecule has 0 aliphatic heterocycles. The Kier molecular flexibility index (Phi) is 16.0. The number of rotatable bonds is 21. The molecule has 0 radical (unpaired) electrons. The molecule has 0 unspecified atom stereocenters. The van der Waals surface area contributed by atoms with Crippen molar-refractivity contribution in [3.05, 3.63) is 119 Å². The molecule has 0 fully saturated rings. The van der Waals surface area contributed by atoms with Crippen LogP contribution in [0.1, 0.15) is 76.1 Å². The van der Waals surface area contributed by atoms with Gasteiger partial charge in [0.05, 0.1) is 31.5 Å². The highest BCUT2D eigenvalue weighted by Gasteiger charge is 2.12. The van der Waals surface area contributed by atoms with Crippen molar-refractivity contribution in [1.29, 1.82) is 0 Å². The topological polar surface area (TPSA) is 168 Å². The van der Waals surface area contributed by atoms with Crippen LogP contribution in [0.5, 0.6) is 5.75 Å². The van der Waals surface area contributed by atoms with E-state index < -0.39 is 12.1 Å². The highest BCUT2D eigenvalue weighted by molar-refractivity contribution is 6.07. The van der Waals surface area contributed by atoms with Gasteiger partial charge in [-0.1, -0.05) is 37.1 Å². The molecule has 2 amide bonds. The van der Waals surface area contributed by atoms with E-state index in [4.69, 9.17) is 14.2 Å². The molecule has 12 nitrogen and oxygen atoms in total. The highest BCUT2D eigenvalue weighted by Crippen LogP contribution is 2.23. The van der Waals surface area contributed by atoms with Crippen molar-refractivity contribution < 1.29 is 38.8 Å². The molecule has 0 saturated carbocycles. The van der Waals surface area contributed by atoms with Gasteiger partial charge in [0.1, 0.15) is 12.4 Å². The minimum atomic E-state index is -0.738. The van der Waals surface area contributed by atoms with E-state index in [9.17, 15) is 24.6 Å². The second-order valence-electron chi connectivity index (χ2n) is 11.9. The number of ether oxygens (including phenoxy) is 3. The lowest BCUT2D eigenvalue weighted by atomic mass is 10.1. The number of hydrogen-bond donors (Lipinski definition) is 5. The first-order chi connectivity index (χ1) is 24.8. The zero-order valence-corrected chi connectivity index (χ0v) is 28.8. The van der Waals surface area contributed by atoms with Gasteiger partial charge >= 0.3 is 5.97 Å². The predicted molar refractivity (Wildman–Crippen MR) is 193 cm³/mol. The number of nitrogens with zero attached hydrogens (tertiary/aromatic N) is 1. The minimum absolute atomic E-state index is 0.0227. The third kappa shape index (κ3) is 13.9. The highest BCUT2D eigenvalue weighted by atomic mass is 16.5. The molecule has 1 heterocycles. The van der Waals surface area contributed by atoms with Crippen molar-refractivity contribution in [1.82, 2.24) is 10.3 Å². The Bertz CT molecular complexity index is 1700. The lowest BCUT2D eigenvalue weighted by Gasteiger charge is -2.14. The van der Waals surface area contributed by atoms with Gasteiger partial charge < -0.3 is 40.4 Å². The number of carbonyl (C=O) groups excluding carboxylic acids is 3. The average Bonchev–Trinajstić information content (AvgIpc) is 3.13. The molecular formula is C39H46N4O8. The number of aliphatic hydroxyl groups excluding tert-OH is 1. The van der Waals surface area contributed by atoms with Crippen LogP contribution in [0.4, 0.5) is 11.4 Å².